The van der Waals surface area contributed by atoms with Crippen LogP contribution in [0.1, 0.15) is 24.4 Å². The second kappa shape index (κ2) is 7.29. The van der Waals surface area contributed by atoms with Crippen LogP contribution in [0.3, 0.4) is 0 Å². The summed E-state index contributed by atoms with van der Waals surface area (Å²) >= 11 is 0. The first kappa shape index (κ1) is 16.3. The second-order valence-electron chi connectivity index (χ2n) is 6.25. The number of benzene rings is 1. The SMILES string of the molecule is CN1CCC(CN(C)CC(N)c2ccc(F)c(F)c2)CC1. The molecule has 5 heteroatoms. The lowest BCUT2D eigenvalue weighted by molar-refractivity contribution is 0.172. The van der Waals surface area contributed by atoms with Gasteiger partial charge in [-0.05, 0) is 63.6 Å². The lowest BCUT2D eigenvalue weighted by Crippen LogP contribution is -2.38. The first-order valence-electron chi connectivity index (χ1n) is 7.53. The Bertz CT molecular complexity index is 459. The lowest BCUT2D eigenvalue weighted by atomic mass is 9.96. The predicted molar refractivity (Wildman–Crippen MR) is 81.0 cm³/mol. The third-order valence-electron chi connectivity index (χ3n) is 4.29. The van der Waals surface area contributed by atoms with E-state index in [1.54, 1.807) is 6.07 Å². The largest absolute Gasteiger partial charge is 0.323 e. The Morgan fingerprint density at radius 3 is 2.57 bits per heavy atom. The van der Waals surface area contributed by atoms with Crippen LogP contribution in [0.5, 0.6) is 0 Å². The van der Waals surface area contributed by atoms with Gasteiger partial charge >= 0.3 is 0 Å². The number of likely N-dealkylation sites (N-methyl/N-ethyl adjacent to an activating group) is 1. The van der Waals surface area contributed by atoms with E-state index in [1.165, 1.54) is 18.9 Å². The van der Waals surface area contributed by atoms with Crippen molar-refractivity contribution in [2.75, 3.05) is 40.3 Å². The van der Waals surface area contributed by atoms with Gasteiger partial charge in [-0.3, -0.25) is 0 Å². The normalized spacial score (nSPS) is 19.1. The molecule has 1 heterocycles. The Morgan fingerprint density at radius 2 is 1.95 bits per heavy atom. The minimum Gasteiger partial charge on any atom is -0.323 e. The third kappa shape index (κ3) is 4.73. The zero-order valence-electron chi connectivity index (χ0n) is 12.9. The number of likely N-dealkylation sites (tertiary alicyclic amines) is 1. The summed E-state index contributed by atoms with van der Waals surface area (Å²) in [6.07, 6.45) is 2.42. The van der Waals surface area contributed by atoms with Crippen molar-refractivity contribution >= 4 is 0 Å². The van der Waals surface area contributed by atoms with Crippen LogP contribution in [-0.2, 0) is 0 Å². The Balaban J connectivity index is 1.83. The molecule has 21 heavy (non-hydrogen) atoms. The van der Waals surface area contributed by atoms with E-state index in [0.717, 1.165) is 25.7 Å². The van der Waals surface area contributed by atoms with Gasteiger partial charge in [-0.1, -0.05) is 6.07 Å². The standard InChI is InChI=1S/C16H25F2N3/c1-20-7-5-12(6-8-20)10-21(2)11-16(19)13-3-4-14(17)15(18)9-13/h3-4,9,12,16H,5-8,10-11,19H2,1-2H3. The van der Waals surface area contributed by atoms with Gasteiger partial charge < -0.3 is 15.5 Å². The molecule has 3 nitrogen and oxygen atoms in total. The first-order valence-corrected chi connectivity index (χ1v) is 7.53. The third-order valence-corrected chi connectivity index (χ3v) is 4.29. The van der Waals surface area contributed by atoms with E-state index >= 15 is 0 Å². The highest BCUT2D eigenvalue weighted by molar-refractivity contribution is 5.21. The summed E-state index contributed by atoms with van der Waals surface area (Å²) in [5.74, 6) is -0.963. The number of hydrogen-bond acceptors (Lipinski definition) is 3. The molecule has 0 aromatic heterocycles. The molecule has 1 fully saturated rings. The molecule has 0 spiro atoms. The fourth-order valence-electron chi connectivity index (χ4n) is 2.94. The lowest BCUT2D eigenvalue weighted by Gasteiger charge is -2.32. The molecule has 0 amide bonds. The molecule has 0 radical (unpaired) electrons. The van der Waals surface area contributed by atoms with E-state index in [2.05, 4.69) is 16.8 Å². The van der Waals surface area contributed by atoms with Crippen molar-refractivity contribution in [3.05, 3.63) is 35.4 Å². The van der Waals surface area contributed by atoms with Gasteiger partial charge in [0.25, 0.3) is 0 Å². The maximum absolute atomic E-state index is 13.2. The van der Waals surface area contributed by atoms with Gasteiger partial charge in [0.05, 0.1) is 0 Å². The fourth-order valence-corrected chi connectivity index (χ4v) is 2.94. The molecule has 1 aromatic rings. The summed E-state index contributed by atoms with van der Waals surface area (Å²) in [6, 6.07) is 3.61. The molecular formula is C16H25F2N3. The molecular weight excluding hydrogens is 272 g/mol. The summed E-state index contributed by atoms with van der Waals surface area (Å²) in [4.78, 5) is 4.55. The molecule has 1 saturated heterocycles. The van der Waals surface area contributed by atoms with Gasteiger partial charge in [0.15, 0.2) is 11.6 Å². The van der Waals surface area contributed by atoms with E-state index in [4.69, 9.17) is 5.73 Å². The molecule has 118 valence electrons. The van der Waals surface area contributed by atoms with Gasteiger partial charge in [-0.25, -0.2) is 8.78 Å². The van der Waals surface area contributed by atoms with Crippen LogP contribution in [0.15, 0.2) is 18.2 Å². The van der Waals surface area contributed by atoms with Gasteiger partial charge in [-0.2, -0.15) is 0 Å². The number of rotatable bonds is 5. The van der Waals surface area contributed by atoms with Crippen LogP contribution in [-0.4, -0.2) is 50.1 Å². The van der Waals surface area contributed by atoms with Gasteiger partial charge in [0, 0.05) is 19.1 Å². The molecule has 0 aliphatic carbocycles. The van der Waals surface area contributed by atoms with E-state index in [0.29, 0.717) is 18.0 Å². The average molecular weight is 297 g/mol. The molecule has 0 bridgehead atoms. The van der Waals surface area contributed by atoms with Crippen molar-refractivity contribution in [3.8, 4) is 0 Å². The minimum absolute atomic E-state index is 0.295. The summed E-state index contributed by atoms with van der Waals surface area (Å²) in [7, 11) is 4.19. The molecule has 2 N–H and O–H groups in total. The number of nitrogens with two attached hydrogens (primary N) is 1. The zero-order valence-corrected chi connectivity index (χ0v) is 12.9. The van der Waals surface area contributed by atoms with Crippen LogP contribution in [0.25, 0.3) is 0 Å². The van der Waals surface area contributed by atoms with Crippen molar-refractivity contribution in [1.82, 2.24) is 9.80 Å². The van der Waals surface area contributed by atoms with Crippen LogP contribution >= 0.6 is 0 Å². The van der Waals surface area contributed by atoms with E-state index in [-0.39, 0.29) is 6.04 Å². The monoisotopic (exact) mass is 297 g/mol. The summed E-state index contributed by atoms with van der Waals surface area (Å²) in [5.41, 5.74) is 6.75. The Hall–Kier alpha value is -1.04. The zero-order chi connectivity index (χ0) is 15.4. The smallest absolute Gasteiger partial charge is 0.159 e. The van der Waals surface area contributed by atoms with Gasteiger partial charge in [-0.15, -0.1) is 0 Å². The van der Waals surface area contributed by atoms with Crippen LogP contribution in [0, 0.1) is 17.6 Å². The van der Waals surface area contributed by atoms with Crippen molar-refractivity contribution in [2.24, 2.45) is 11.7 Å². The first-order chi connectivity index (χ1) is 9.95. The topological polar surface area (TPSA) is 32.5 Å². The molecule has 2 rings (SSSR count). The number of nitrogens with zero attached hydrogens (tertiary/aromatic N) is 2. The van der Waals surface area contributed by atoms with Crippen molar-refractivity contribution < 1.29 is 8.78 Å². The van der Waals surface area contributed by atoms with Crippen LogP contribution < -0.4 is 5.73 Å². The van der Waals surface area contributed by atoms with Crippen molar-refractivity contribution in [2.45, 2.75) is 18.9 Å². The number of piperidine rings is 1. The molecule has 0 saturated carbocycles. The van der Waals surface area contributed by atoms with E-state index < -0.39 is 11.6 Å². The Morgan fingerprint density at radius 1 is 1.29 bits per heavy atom. The van der Waals surface area contributed by atoms with Gasteiger partial charge in [0.2, 0.25) is 0 Å². The molecule has 1 aliphatic heterocycles. The van der Waals surface area contributed by atoms with E-state index in [1.807, 2.05) is 7.05 Å². The van der Waals surface area contributed by atoms with Crippen molar-refractivity contribution in [1.29, 1.82) is 0 Å². The maximum atomic E-state index is 13.2. The highest BCUT2D eigenvalue weighted by atomic mass is 19.2. The highest BCUT2D eigenvalue weighted by Crippen LogP contribution is 2.19. The summed E-state index contributed by atoms with van der Waals surface area (Å²) < 4.78 is 26.2. The summed E-state index contributed by atoms with van der Waals surface area (Å²) in [5, 5.41) is 0. The van der Waals surface area contributed by atoms with Gasteiger partial charge in [0.1, 0.15) is 0 Å². The van der Waals surface area contributed by atoms with E-state index in [9.17, 15) is 8.78 Å². The molecule has 1 aliphatic rings. The number of halogens is 2. The molecule has 1 aromatic carbocycles. The van der Waals surface area contributed by atoms with Crippen LogP contribution in [0.2, 0.25) is 0 Å². The highest BCUT2D eigenvalue weighted by Gasteiger charge is 2.19. The quantitative estimate of drug-likeness (QED) is 0.904. The summed E-state index contributed by atoms with van der Waals surface area (Å²) in [6.45, 7) is 3.95. The fraction of sp³-hybridized carbons (Fsp3) is 0.625. The maximum Gasteiger partial charge on any atom is 0.159 e. The molecule has 1 atom stereocenters. The average Bonchev–Trinajstić information content (AvgIpc) is 2.44. The Kier molecular flexibility index (Phi) is 5.67. The van der Waals surface area contributed by atoms with Crippen molar-refractivity contribution in [3.63, 3.8) is 0 Å². The van der Waals surface area contributed by atoms with Crippen LogP contribution in [0.4, 0.5) is 8.78 Å². The Labute approximate surface area is 125 Å². The predicted octanol–water partition coefficient (Wildman–Crippen LogP) is 2.24. The minimum atomic E-state index is -0.832. The molecule has 1 unspecified atom stereocenters. The number of hydrogen-bond donors (Lipinski definition) is 1. The second-order valence-corrected chi connectivity index (χ2v) is 6.25.